The van der Waals surface area contributed by atoms with Crippen LogP contribution in [-0.4, -0.2) is 23.8 Å². The zero-order valence-corrected chi connectivity index (χ0v) is 11.0. The van der Waals surface area contributed by atoms with E-state index in [4.69, 9.17) is 0 Å². The van der Waals surface area contributed by atoms with Gasteiger partial charge >= 0.3 is 0 Å². The van der Waals surface area contributed by atoms with E-state index in [2.05, 4.69) is 36.9 Å². The Bertz CT molecular complexity index is 405. The number of hydrogen-bond acceptors (Lipinski definition) is 2. The maximum Gasteiger partial charge on any atom is 0.138 e. The van der Waals surface area contributed by atoms with Crippen molar-refractivity contribution < 1.29 is 4.79 Å². The summed E-state index contributed by atoms with van der Waals surface area (Å²) in [5.41, 5.74) is 4.01. The Morgan fingerprint density at radius 3 is 2.47 bits per heavy atom. The summed E-state index contributed by atoms with van der Waals surface area (Å²) in [4.78, 5) is 13.9. The fourth-order valence-electron chi connectivity index (χ4n) is 2.66. The number of benzene rings is 1. The highest BCUT2D eigenvalue weighted by Gasteiger charge is 2.23. The average Bonchev–Trinajstić information content (AvgIpc) is 2.22. The standard InChI is InChI=1S/C15H21NO/c1-11-6-12(2)8-14(7-11)10-16-5-4-15(17)13(3)9-16/h6-8,13H,4-5,9-10H2,1-3H3. The molecule has 0 aromatic heterocycles. The van der Waals surface area contributed by atoms with Gasteiger partial charge < -0.3 is 0 Å². The molecule has 0 aliphatic carbocycles. The highest BCUT2D eigenvalue weighted by Crippen LogP contribution is 2.17. The first kappa shape index (κ1) is 12.3. The summed E-state index contributed by atoms with van der Waals surface area (Å²) in [6, 6.07) is 6.69. The lowest BCUT2D eigenvalue weighted by Crippen LogP contribution is -2.39. The number of aryl methyl sites for hydroxylation is 2. The number of rotatable bonds is 2. The van der Waals surface area contributed by atoms with Crippen LogP contribution in [0.1, 0.15) is 30.0 Å². The van der Waals surface area contributed by atoms with Crippen LogP contribution in [0.4, 0.5) is 0 Å². The van der Waals surface area contributed by atoms with Crippen LogP contribution in [0.15, 0.2) is 18.2 Å². The Balaban J connectivity index is 2.03. The van der Waals surface area contributed by atoms with Gasteiger partial charge in [0.15, 0.2) is 0 Å². The Kier molecular flexibility index (Phi) is 3.63. The maximum absolute atomic E-state index is 11.5. The van der Waals surface area contributed by atoms with Crippen molar-refractivity contribution in [3.8, 4) is 0 Å². The van der Waals surface area contributed by atoms with E-state index in [0.717, 1.165) is 19.6 Å². The molecule has 1 aliphatic rings. The van der Waals surface area contributed by atoms with Crippen LogP contribution in [0.3, 0.4) is 0 Å². The summed E-state index contributed by atoms with van der Waals surface area (Å²) in [6.07, 6.45) is 0.714. The predicted octanol–water partition coefficient (Wildman–Crippen LogP) is 2.71. The predicted molar refractivity (Wildman–Crippen MR) is 70.0 cm³/mol. The Morgan fingerprint density at radius 1 is 1.24 bits per heavy atom. The van der Waals surface area contributed by atoms with Gasteiger partial charge in [0.25, 0.3) is 0 Å². The molecule has 0 spiro atoms. The highest BCUT2D eigenvalue weighted by atomic mass is 16.1. The lowest BCUT2D eigenvalue weighted by molar-refractivity contribution is -0.125. The molecule has 1 aliphatic heterocycles. The van der Waals surface area contributed by atoms with E-state index in [0.29, 0.717) is 12.2 Å². The van der Waals surface area contributed by atoms with Gasteiger partial charge in [0, 0.05) is 32.0 Å². The minimum atomic E-state index is 0.203. The largest absolute Gasteiger partial charge is 0.299 e. The molecule has 92 valence electrons. The third-order valence-corrected chi connectivity index (χ3v) is 3.44. The summed E-state index contributed by atoms with van der Waals surface area (Å²) in [5.74, 6) is 0.622. The topological polar surface area (TPSA) is 20.3 Å². The second kappa shape index (κ2) is 5.01. The number of hydrogen-bond donors (Lipinski definition) is 0. The summed E-state index contributed by atoms with van der Waals surface area (Å²) < 4.78 is 0. The Morgan fingerprint density at radius 2 is 1.88 bits per heavy atom. The van der Waals surface area contributed by atoms with Crippen LogP contribution >= 0.6 is 0 Å². The van der Waals surface area contributed by atoms with Crippen molar-refractivity contribution in [2.24, 2.45) is 5.92 Å². The van der Waals surface area contributed by atoms with E-state index >= 15 is 0 Å². The van der Waals surface area contributed by atoms with Crippen molar-refractivity contribution in [1.82, 2.24) is 4.90 Å². The van der Waals surface area contributed by atoms with Gasteiger partial charge in [0.1, 0.15) is 5.78 Å². The van der Waals surface area contributed by atoms with Crippen molar-refractivity contribution in [3.05, 3.63) is 34.9 Å². The van der Waals surface area contributed by atoms with E-state index in [-0.39, 0.29) is 5.92 Å². The number of nitrogens with zero attached hydrogens (tertiary/aromatic N) is 1. The van der Waals surface area contributed by atoms with Gasteiger partial charge in [-0.05, 0) is 19.4 Å². The molecule has 0 radical (unpaired) electrons. The van der Waals surface area contributed by atoms with E-state index in [9.17, 15) is 4.79 Å². The van der Waals surface area contributed by atoms with Crippen LogP contribution in [0.5, 0.6) is 0 Å². The third-order valence-electron chi connectivity index (χ3n) is 3.44. The van der Waals surface area contributed by atoms with E-state index in [1.165, 1.54) is 16.7 Å². The second-order valence-electron chi connectivity index (χ2n) is 5.35. The maximum atomic E-state index is 11.5. The van der Waals surface area contributed by atoms with Crippen LogP contribution in [-0.2, 0) is 11.3 Å². The van der Waals surface area contributed by atoms with E-state index in [1.807, 2.05) is 6.92 Å². The SMILES string of the molecule is Cc1cc(C)cc(CN2CCC(=O)C(C)C2)c1. The molecule has 0 bridgehead atoms. The quantitative estimate of drug-likeness (QED) is 0.780. The molecule has 1 aromatic rings. The van der Waals surface area contributed by atoms with Gasteiger partial charge in [-0.3, -0.25) is 9.69 Å². The van der Waals surface area contributed by atoms with Crippen LogP contribution in [0, 0.1) is 19.8 Å². The summed E-state index contributed by atoms with van der Waals surface area (Å²) in [7, 11) is 0. The first-order chi connectivity index (χ1) is 8.04. The van der Waals surface area contributed by atoms with E-state index in [1.54, 1.807) is 0 Å². The minimum absolute atomic E-state index is 0.203. The number of ketones is 1. The van der Waals surface area contributed by atoms with Gasteiger partial charge in [0.05, 0.1) is 0 Å². The smallest absolute Gasteiger partial charge is 0.138 e. The molecule has 1 unspecified atom stereocenters. The minimum Gasteiger partial charge on any atom is -0.299 e. The lowest BCUT2D eigenvalue weighted by Gasteiger charge is -2.30. The lowest BCUT2D eigenvalue weighted by atomic mass is 9.98. The van der Waals surface area contributed by atoms with E-state index < -0.39 is 0 Å². The molecule has 17 heavy (non-hydrogen) atoms. The molecule has 2 nitrogen and oxygen atoms in total. The van der Waals surface area contributed by atoms with Gasteiger partial charge in [-0.15, -0.1) is 0 Å². The first-order valence-corrected chi connectivity index (χ1v) is 6.37. The van der Waals surface area contributed by atoms with Gasteiger partial charge in [-0.25, -0.2) is 0 Å². The zero-order valence-electron chi connectivity index (χ0n) is 11.0. The zero-order chi connectivity index (χ0) is 12.4. The Hall–Kier alpha value is -1.15. The second-order valence-corrected chi connectivity index (χ2v) is 5.35. The van der Waals surface area contributed by atoms with Gasteiger partial charge in [-0.1, -0.05) is 36.2 Å². The average molecular weight is 231 g/mol. The van der Waals surface area contributed by atoms with Crippen molar-refractivity contribution in [2.75, 3.05) is 13.1 Å². The van der Waals surface area contributed by atoms with Crippen molar-refractivity contribution >= 4 is 5.78 Å². The highest BCUT2D eigenvalue weighted by molar-refractivity contribution is 5.81. The molecule has 1 heterocycles. The number of piperidine rings is 1. The fraction of sp³-hybridized carbons (Fsp3) is 0.533. The van der Waals surface area contributed by atoms with Crippen LogP contribution < -0.4 is 0 Å². The fourth-order valence-corrected chi connectivity index (χ4v) is 2.66. The molecule has 0 amide bonds. The number of likely N-dealkylation sites (tertiary alicyclic amines) is 1. The molecule has 1 saturated heterocycles. The molecule has 2 rings (SSSR count). The number of carbonyl (C=O) groups is 1. The van der Waals surface area contributed by atoms with Crippen molar-refractivity contribution in [1.29, 1.82) is 0 Å². The number of carbonyl (C=O) groups excluding carboxylic acids is 1. The molecule has 0 saturated carbocycles. The Labute approximate surface area is 104 Å². The number of Topliss-reactive ketones (excluding diaryl/α,β-unsaturated/α-hetero) is 1. The van der Waals surface area contributed by atoms with Gasteiger partial charge in [-0.2, -0.15) is 0 Å². The van der Waals surface area contributed by atoms with Crippen LogP contribution in [0.2, 0.25) is 0 Å². The molecular formula is C15H21NO. The van der Waals surface area contributed by atoms with Crippen molar-refractivity contribution in [3.63, 3.8) is 0 Å². The monoisotopic (exact) mass is 231 g/mol. The molecule has 1 aromatic carbocycles. The normalized spacial score (nSPS) is 21.8. The first-order valence-electron chi connectivity index (χ1n) is 6.37. The van der Waals surface area contributed by atoms with Gasteiger partial charge in [0.2, 0.25) is 0 Å². The molecule has 1 fully saturated rings. The summed E-state index contributed by atoms with van der Waals surface area (Å²) in [6.45, 7) is 9.11. The van der Waals surface area contributed by atoms with Crippen molar-refractivity contribution in [2.45, 2.75) is 33.7 Å². The third kappa shape index (κ3) is 3.16. The summed E-state index contributed by atoms with van der Waals surface area (Å²) >= 11 is 0. The molecule has 2 heteroatoms. The molecule has 1 atom stereocenters. The summed E-state index contributed by atoms with van der Waals surface area (Å²) in [5, 5.41) is 0. The molecule has 0 N–H and O–H groups in total. The molecular weight excluding hydrogens is 210 g/mol. The van der Waals surface area contributed by atoms with Crippen LogP contribution in [0.25, 0.3) is 0 Å².